The largest absolute Gasteiger partial charge is 0.496 e. The quantitative estimate of drug-likeness (QED) is 0.424. The molecule has 2 N–H and O–H groups in total. The predicted octanol–water partition coefficient (Wildman–Crippen LogP) is 3.20. The molecule has 0 aliphatic carbocycles. The lowest BCUT2D eigenvalue weighted by atomic mass is 10.1. The van der Waals surface area contributed by atoms with Gasteiger partial charge < -0.3 is 19.9 Å². The van der Waals surface area contributed by atoms with Crippen LogP contribution in [0.15, 0.2) is 65.9 Å². The van der Waals surface area contributed by atoms with Crippen molar-refractivity contribution < 1.29 is 4.74 Å². The second kappa shape index (κ2) is 11.0. The van der Waals surface area contributed by atoms with Crippen LogP contribution in [0.4, 0.5) is 0 Å². The number of methoxy groups -OCH3 is 1. The average Bonchev–Trinajstić information content (AvgIpc) is 3.20. The van der Waals surface area contributed by atoms with E-state index >= 15 is 0 Å². The summed E-state index contributed by atoms with van der Waals surface area (Å²) in [5, 5.41) is 6.76. The molecule has 0 bridgehead atoms. The number of aromatic nitrogens is 2. The fourth-order valence-electron chi connectivity index (χ4n) is 3.42. The Bertz CT molecular complexity index is 949. The molecule has 0 amide bonds. The molecule has 0 spiro atoms. The monoisotopic (exact) mass is 405 g/mol. The van der Waals surface area contributed by atoms with Gasteiger partial charge in [0.15, 0.2) is 5.96 Å². The summed E-state index contributed by atoms with van der Waals surface area (Å²) in [6.45, 7) is 4.47. The number of nitrogens with zero attached hydrogens (tertiary/aromatic N) is 3. The summed E-state index contributed by atoms with van der Waals surface area (Å²) in [7, 11) is 3.50. The highest BCUT2D eigenvalue weighted by Crippen LogP contribution is 2.19. The highest BCUT2D eigenvalue weighted by atomic mass is 16.5. The number of benzene rings is 2. The summed E-state index contributed by atoms with van der Waals surface area (Å²) >= 11 is 0. The van der Waals surface area contributed by atoms with Crippen LogP contribution in [0.5, 0.6) is 5.75 Å². The van der Waals surface area contributed by atoms with Crippen molar-refractivity contribution in [2.75, 3.05) is 27.2 Å². The van der Waals surface area contributed by atoms with Gasteiger partial charge in [0, 0.05) is 45.5 Å². The van der Waals surface area contributed by atoms with E-state index in [9.17, 15) is 0 Å². The summed E-state index contributed by atoms with van der Waals surface area (Å²) in [6, 6.07) is 16.7. The zero-order valence-corrected chi connectivity index (χ0v) is 18.1. The van der Waals surface area contributed by atoms with Gasteiger partial charge in [-0.1, -0.05) is 48.0 Å². The van der Waals surface area contributed by atoms with Gasteiger partial charge in [-0.3, -0.25) is 4.99 Å². The first-order chi connectivity index (χ1) is 14.7. The fourth-order valence-corrected chi connectivity index (χ4v) is 3.42. The van der Waals surface area contributed by atoms with Crippen LogP contribution in [0.2, 0.25) is 0 Å². The summed E-state index contributed by atoms with van der Waals surface area (Å²) in [4.78, 5) is 8.84. The molecule has 158 valence electrons. The molecule has 3 aromatic rings. The molecule has 0 aliphatic heterocycles. The lowest BCUT2D eigenvalue weighted by Crippen LogP contribution is -2.39. The number of guanidine groups is 1. The van der Waals surface area contributed by atoms with Crippen molar-refractivity contribution in [3.63, 3.8) is 0 Å². The van der Waals surface area contributed by atoms with Gasteiger partial charge in [0.2, 0.25) is 0 Å². The zero-order chi connectivity index (χ0) is 21.2. The summed E-state index contributed by atoms with van der Waals surface area (Å²) in [6.07, 6.45) is 5.59. The van der Waals surface area contributed by atoms with Crippen molar-refractivity contribution in [1.82, 2.24) is 20.2 Å². The minimum absolute atomic E-state index is 0.763. The normalized spacial score (nSPS) is 11.4. The molecule has 0 fully saturated rings. The van der Waals surface area contributed by atoms with Crippen LogP contribution in [0.25, 0.3) is 0 Å². The van der Waals surface area contributed by atoms with Crippen molar-refractivity contribution in [2.45, 2.75) is 26.3 Å². The maximum atomic E-state index is 5.46. The smallest absolute Gasteiger partial charge is 0.191 e. The summed E-state index contributed by atoms with van der Waals surface area (Å²) in [5.74, 6) is 2.78. The molecule has 0 saturated carbocycles. The standard InChI is InChI=1S/C24H31N5O/c1-19-9-10-22(30-3)21(17-19)11-13-27-24(25-2)28-14-12-23-26-15-16-29(23)18-20-7-5-4-6-8-20/h4-10,15-17H,11-14,18H2,1-3H3,(H2,25,27,28). The number of ether oxygens (including phenoxy) is 1. The van der Waals surface area contributed by atoms with Crippen molar-refractivity contribution in [1.29, 1.82) is 0 Å². The van der Waals surface area contributed by atoms with Gasteiger partial charge in [-0.05, 0) is 30.5 Å². The first-order valence-electron chi connectivity index (χ1n) is 10.3. The Balaban J connectivity index is 1.45. The minimum Gasteiger partial charge on any atom is -0.496 e. The topological polar surface area (TPSA) is 63.5 Å². The number of hydrogen-bond donors (Lipinski definition) is 2. The Labute approximate surface area is 179 Å². The van der Waals surface area contributed by atoms with Crippen LogP contribution in [-0.4, -0.2) is 42.8 Å². The van der Waals surface area contributed by atoms with Gasteiger partial charge in [0.05, 0.1) is 7.11 Å². The number of aliphatic imine (C=N–C) groups is 1. The van der Waals surface area contributed by atoms with Gasteiger partial charge in [-0.2, -0.15) is 0 Å². The SMILES string of the molecule is CN=C(NCCc1cc(C)ccc1OC)NCCc1nccn1Cc1ccccc1. The van der Waals surface area contributed by atoms with Gasteiger partial charge in [-0.15, -0.1) is 0 Å². The molecule has 0 saturated heterocycles. The molecular weight excluding hydrogens is 374 g/mol. The van der Waals surface area contributed by atoms with E-state index < -0.39 is 0 Å². The van der Waals surface area contributed by atoms with E-state index in [1.165, 1.54) is 16.7 Å². The third kappa shape index (κ3) is 6.11. The Hall–Kier alpha value is -3.28. The first-order valence-corrected chi connectivity index (χ1v) is 10.3. The molecule has 0 atom stereocenters. The fraction of sp³-hybridized carbons (Fsp3) is 0.333. The Morgan fingerprint density at radius 2 is 1.83 bits per heavy atom. The van der Waals surface area contributed by atoms with Crippen LogP contribution in [0.1, 0.15) is 22.5 Å². The number of aryl methyl sites for hydroxylation is 1. The lowest BCUT2D eigenvalue weighted by molar-refractivity contribution is 0.409. The molecule has 3 rings (SSSR count). The first kappa shape index (κ1) is 21.4. The number of rotatable bonds is 9. The molecule has 1 heterocycles. The van der Waals surface area contributed by atoms with Crippen molar-refractivity contribution in [3.8, 4) is 5.75 Å². The van der Waals surface area contributed by atoms with Crippen LogP contribution in [-0.2, 0) is 19.4 Å². The lowest BCUT2D eigenvalue weighted by Gasteiger charge is -2.14. The number of imidazole rings is 1. The van der Waals surface area contributed by atoms with Gasteiger partial charge in [0.25, 0.3) is 0 Å². The minimum atomic E-state index is 0.763. The van der Waals surface area contributed by atoms with Crippen molar-refractivity contribution in [2.24, 2.45) is 4.99 Å². The van der Waals surface area contributed by atoms with E-state index in [0.29, 0.717) is 0 Å². The van der Waals surface area contributed by atoms with Gasteiger partial charge in [0.1, 0.15) is 11.6 Å². The third-order valence-corrected chi connectivity index (χ3v) is 4.98. The highest BCUT2D eigenvalue weighted by molar-refractivity contribution is 5.79. The molecular formula is C24H31N5O. The molecule has 0 aliphatic rings. The van der Waals surface area contributed by atoms with E-state index in [0.717, 1.165) is 50.0 Å². The summed E-state index contributed by atoms with van der Waals surface area (Å²) in [5.41, 5.74) is 3.71. The van der Waals surface area contributed by atoms with E-state index in [4.69, 9.17) is 4.74 Å². The molecule has 1 aromatic heterocycles. The van der Waals surface area contributed by atoms with Gasteiger partial charge >= 0.3 is 0 Å². The number of hydrogen-bond acceptors (Lipinski definition) is 3. The molecule has 0 unspecified atom stereocenters. The van der Waals surface area contributed by atoms with Crippen LogP contribution in [0, 0.1) is 6.92 Å². The maximum absolute atomic E-state index is 5.46. The van der Waals surface area contributed by atoms with Crippen LogP contribution >= 0.6 is 0 Å². The average molecular weight is 406 g/mol. The molecule has 0 radical (unpaired) electrons. The predicted molar refractivity (Wildman–Crippen MR) is 122 cm³/mol. The van der Waals surface area contributed by atoms with E-state index in [-0.39, 0.29) is 0 Å². The van der Waals surface area contributed by atoms with Crippen LogP contribution < -0.4 is 15.4 Å². The Morgan fingerprint density at radius 1 is 1.07 bits per heavy atom. The second-order valence-electron chi connectivity index (χ2n) is 7.20. The molecule has 2 aromatic carbocycles. The maximum Gasteiger partial charge on any atom is 0.191 e. The molecule has 6 heteroatoms. The second-order valence-corrected chi connectivity index (χ2v) is 7.20. The summed E-state index contributed by atoms with van der Waals surface area (Å²) < 4.78 is 7.65. The van der Waals surface area contributed by atoms with E-state index in [1.807, 2.05) is 24.5 Å². The third-order valence-electron chi connectivity index (χ3n) is 4.98. The Morgan fingerprint density at radius 3 is 2.57 bits per heavy atom. The zero-order valence-electron chi connectivity index (χ0n) is 18.1. The van der Waals surface area contributed by atoms with Crippen molar-refractivity contribution in [3.05, 3.63) is 83.4 Å². The number of nitrogens with one attached hydrogen (secondary N) is 2. The van der Waals surface area contributed by atoms with Crippen LogP contribution in [0.3, 0.4) is 0 Å². The van der Waals surface area contributed by atoms with E-state index in [1.54, 1.807) is 14.2 Å². The molecule has 6 nitrogen and oxygen atoms in total. The van der Waals surface area contributed by atoms with Crippen molar-refractivity contribution >= 4 is 5.96 Å². The van der Waals surface area contributed by atoms with Gasteiger partial charge in [-0.25, -0.2) is 4.98 Å². The highest BCUT2D eigenvalue weighted by Gasteiger charge is 2.06. The molecule has 30 heavy (non-hydrogen) atoms. The Kier molecular flexibility index (Phi) is 7.89. The van der Waals surface area contributed by atoms with E-state index in [2.05, 4.69) is 68.5 Å².